The fraction of sp³-hybridized carbons (Fsp3) is 0.667. The van der Waals surface area contributed by atoms with Gasteiger partial charge in [-0.05, 0) is 46.6 Å². The molecule has 1 aromatic rings. The minimum Gasteiger partial charge on any atom is -0.363 e. The van der Waals surface area contributed by atoms with Crippen molar-refractivity contribution < 1.29 is 8.42 Å². The second kappa shape index (κ2) is 7.64. The maximum absolute atomic E-state index is 12.0. The number of unbranched alkanes of at least 4 members (excludes halogenated alkanes) is 1. The van der Waals surface area contributed by atoms with Crippen LogP contribution in [-0.4, -0.2) is 52.5 Å². The van der Waals surface area contributed by atoms with E-state index < -0.39 is 10.0 Å². The lowest BCUT2D eigenvalue weighted by atomic mass is 10.3. The van der Waals surface area contributed by atoms with Crippen molar-refractivity contribution in [2.75, 3.05) is 34.2 Å². The molecule has 0 spiro atoms. The van der Waals surface area contributed by atoms with Crippen LogP contribution in [0.2, 0.25) is 0 Å². The molecule has 0 aliphatic carbocycles. The quantitative estimate of drug-likeness (QED) is 0.573. The molecule has 0 bridgehead atoms. The summed E-state index contributed by atoms with van der Waals surface area (Å²) in [6.45, 7) is 2.07. The first-order valence-corrected chi connectivity index (χ1v) is 7.90. The summed E-state index contributed by atoms with van der Waals surface area (Å²) in [6, 6.07) is 1.65. The number of nitrogens with one attached hydrogen (secondary N) is 3. The highest BCUT2D eigenvalue weighted by atomic mass is 32.2. The van der Waals surface area contributed by atoms with Crippen LogP contribution in [-0.2, 0) is 16.6 Å². The van der Waals surface area contributed by atoms with Gasteiger partial charge in [-0.15, -0.1) is 0 Å². The number of sulfonamides is 1. The predicted molar refractivity (Wildman–Crippen MR) is 76.5 cm³/mol. The van der Waals surface area contributed by atoms with E-state index in [2.05, 4.69) is 19.9 Å². The Morgan fingerprint density at radius 2 is 2.05 bits per heavy atom. The average molecular weight is 288 g/mol. The molecule has 1 aromatic heterocycles. The summed E-state index contributed by atoms with van der Waals surface area (Å²) >= 11 is 0. The number of aromatic nitrogens is 1. The molecule has 0 aliphatic heterocycles. The first kappa shape index (κ1) is 16.2. The van der Waals surface area contributed by atoms with Gasteiger partial charge in [0.15, 0.2) is 0 Å². The summed E-state index contributed by atoms with van der Waals surface area (Å²) < 4.78 is 26.6. The Bertz CT molecular complexity index is 468. The molecule has 0 aliphatic rings. The van der Waals surface area contributed by atoms with Crippen LogP contribution in [0.1, 0.15) is 18.5 Å². The number of nitrogens with zero attached hydrogens (tertiary/aromatic N) is 1. The molecule has 0 amide bonds. The zero-order valence-corrected chi connectivity index (χ0v) is 12.7. The highest BCUT2D eigenvalue weighted by molar-refractivity contribution is 7.89. The van der Waals surface area contributed by atoms with Crippen molar-refractivity contribution >= 4 is 10.0 Å². The topological polar surface area (TPSA) is 77.2 Å². The smallest absolute Gasteiger partial charge is 0.242 e. The molecule has 0 radical (unpaired) electrons. The summed E-state index contributed by atoms with van der Waals surface area (Å²) in [5.74, 6) is 0. The second-order valence-electron chi connectivity index (χ2n) is 4.80. The third-order valence-corrected chi connectivity index (χ3v) is 4.16. The van der Waals surface area contributed by atoms with Crippen molar-refractivity contribution in [3.63, 3.8) is 0 Å². The number of hydrogen-bond donors (Lipinski definition) is 3. The van der Waals surface area contributed by atoms with E-state index in [1.165, 1.54) is 6.20 Å². The fourth-order valence-electron chi connectivity index (χ4n) is 1.71. The monoisotopic (exact) mass is 288 g/mol. The Hall–Kier alpha value is -0.890. The minimum atomic E-state index is -3.38. The lowest BCUT2D eigenvalue weighted by Gasteiger charge is -2.09. The molecule has 110 valence electrons. The van der Waals surface area contributed by atoms with Gasteiger partial charge >= 0.3 is 0 Å². The molecule has 0 atom stereocenters. The first-order chi connectivity index (χ1) is 8.95. The summed E-state index contributed by atoms with van der Waals surface area (Å²) in [6.07, 6.45) is 3.34. The van der Waals surface area contributed by atoms with Gasteiger partial charge in [0.05, 0.1) is 4.90 Å². The van der Waals surface area contributed by atoms with E-state index in [-0.39, 0.29) is 0 Å². The zero-order valence-electron chi connectivity index (χ0n) is 11.9. The largest absolute Gasteiger partial charge is 0.363 e. The highest BCUT2D eigenvalue weighted by Gasteiger charge is 2.14. The van der Waals surface area contributed by atoms with Crippen molar-refractivity contribution in [3.8, 4) is 0 Å². The summed E-state index contributed by atoms with van der Waals surface area (Å²) in [7, 11) is 2.45. The molecule has 1 rings (SSSR count). The summed E-state index contributed by atoms with van der Waals surface area (Å²) in [5, 5.41) is 2.97. The molecule has 0 saturated carbocycles. The van der Waals surface area contributed by atoms with Gasteiger partial charge in [-0.25, -0.2) is 13.1 Å². The van der Waals surface area contributed by atoms with Crippen molar-refractivity contribution in [1.82, 2.24) is 19.9 Å². The SMILES string of the molecule is CNCc1cc(S(=O)(=O)NCCCCN(C)C)c[nH]1. The third kappa shape index (κ3) is 5.73. The maximum Gasteiger partial charge on any atom is 0.242 e. The first-order valence-electron chi connectivity index (χ1n) is 6.42. The molecular weight excluding hydrogens is 264 g/mol. The van der Waals surface area contributed by atoms with Gasteiger partial charge in [0.1, 0.15) is 0 Å². The van der Waals surface area contributed by atoms with Crippen LogP contribution in [0, 0.1) is 0 Å². The lowest BCUT2D eigenvalue weighted by molar-refractivity contribution is 0.394. The summed E-state index contributed by atoms with van der Waals surface area (Å²) in [5.41, 5.74) is 0.857. The van der Waals surface area contributed by atoms with Crippen LogP contribution in [0.4, 0.5) is 0 Å². The van der Waals surface area contributed by atoms with Gasteiger partial charge in [0.2, 0.25) is 10.0 Å². The number of H-pyrrole nitrogens is 1. The molecular formula is C12H24N4O2S. The van der Waals surface area contributed by atoms with E-state index >= 15 is 0 Å². The van der Waals surface area contributed by atoms with Crippen LogP contribution in [0.5, 0.6) is 0 Å². The minimum absolute atomic E-state index is 0.297. The van der Waals surface area contributed by atoms with Crippen LogP contribution in [0.15, 0.2) is 17.2 Å². The molecule has 6 nitrogen and oxygen atoms in total. The van der Waals surface area contributed by atoms with E-state index in [9.17, 15) is 8.42 Å². The van der Waals surface area contributed by atoms with E-state index in [1.807, 2.05) is 21.1 Å². The van der Waals surface area contributed by atoms with Crippen molar-refractivity contribution in [2.24, 2.45) is 0 Å². The molecule has 0 unspecified atom stereocenters. The summed E-state index contributed by atoms with van der Waals surface area (Å²) in [4.78, 5) is 5.33. The Balaban J connectivity index is 2.42. The Kier molecular flexibility index (Phi) is 6.50. The van der Waals surface area contributed by atoms with Gasteiger partial charge in [0, 0.05) is 25.0 Å². The normalized spacial score (nSPS) is 12.2. The standard InChI is InChI=1S/C12H24N4O2S/c1-13-9-11-8-12(10-14-11)19(17,18)15-6-4-5-7-16(2)3/h8,10,13-15H,4-7,9H2,1-3H3. The van der Waals surface area contributed by atoms with Crippen molar-refractivity contribution in [3.05, 3.63) is 18.0 Å². The van der Waals surface area contributed by atoms with Gasteiger partial charge < -0.3 is 15.2 Å². The zero-order chi connectivity index (χ0) is 14.3. The van der Waals surface area contributed by atoms with Crippen LogP contribution >= 0.6 is 0 Å². The Labute approximate surface area is 115 Å². The van der Waals surface area contributed by atoms with E-state index in [0.29, 0.717) is 18.0 Å². The molecule has 3 N–H and O–H groups in total. The molecule has 19 heavy (non-hydrogen) atoms. The molecule has 0 aromatic carbocycles. The third-order valence-electron chi connectivity index (χ3n) is 2.72. The van der Waals surface area contributed by atoms with Crippen LogP contribution < -0.4 is 10.0 Å². The van der Waals surface area contributed by atoms with Gasteiger partial charge in [-0.3, -0.25) is 0 Å². The van der Waals surface area contributed by atoms with E-state index in [1.54, 1.807) is 6.07 Å². The Morgan fingerprint density at radius 1 is 1.32 bits per heavy atom. The van der Waals surface area contributed by atoms with Gasteiger partial charge in [-0.1, -0.05) is 0 Å². The lowest BCUT2D eigenvalue weighted by Crippen LogP contribution is -2.25. The highest BCUT2D eigenvalue weighted by Crippen LogP contribution is 2.10. The van der Waals surface area contributed by atoms with Gasteiger partial charge in [0.25, 0.3) is 0 Å². The van der Waals surface area contributed by atoms with Gasteiger partial charge in [-0.2, -0.15) is 0 Å². The predicted octanol–water partition coefficient (Wildman–Crippen LogP) is 0.354. The van der Waals surface area contributed by atoms with Crippen LogP contribution in [0.25, 0.3) is 0 Å². The van der Waals surface area contributed by atoms with Crippen molar-refractivity contribution in [1.29, 1.82) is 0 Å². The van der Waals surface area contributed by atoms with E-state index in [4.69, 9.17) is 0 Å². The Morgan fingerprint density at radius 3 is 2.68 bits per heavy atom. The van der Waals surface area contributed by atoms with Crippen LogP contribution in [0.3, 0.4) is 0 Å². The average Bonchev–Trinajstić information content (AvgIpc) is 2.78. The molecule has 0 saturated heterocycles. The molecule has 1 heterocycles. The number of rotatable bonds is 9. The number of hydrogen-bond acceptors (Lipinski definition) is 4. The second-order valence-corrected chi connectivity index (χ2v) is 6.57. The van der Waals surface area contributed by atoms with E-state index in [0.717, 1.165) is 25.1 Å². The maximum atomic E-state index is 12.0. The molecule has 0 fully saturated rings. The van der Waals surface area contributed by atoms with Crippen molar-refractivity contribution in [2.45, 2.75) is 24.3 Å². The fourth-order valence-corrected chi connectivity index (χ4v) is 2.80. The molecule has 7 heteroatoms. The number of aromatic amines is 1.